The fraction of sp³-hybridized carbons (Fsp3) is 0.389. The van der Waals surface area contributed by atoms with Crippen molar-refractivity contribution in [1.29, 1.82) is 0 Å². The van der Waals surface area contributed by atoms with E-state index in [-0.39, 0.29) is 19.8 Å². The summed E-state index contributed by atoms with van der Waals surface area (Å²) in [6, 6.07) is 13.3. The minimum atomic E-state index is -3.69. The van der Waals surface area contributed by atoms with Crippen molar-refractivity contribution in [2.24, 2.45) is 0 Å². The monoisotopic (exact) mass is 350 g/mol. The minimum Gasteiger partial charge on any atom is -0.465 e. The van der Waals surface area contributed by atoms with Crippen molar-refractivity contribution in [2.45, 2.75) is 26.4 Å². The van der Waals surface area contributed by atoms with Gasteiger partial charge >= 0.3 is 13.6 Å². The summed E-state index contributed by atoms with van der Waals surface area (Å²) in [7, 11) is -3.69. The summed E-state index contributed by atoms with van der Waals surface area (Å²) in [5.74, 6) is -0.599. The van der Waals surface area contributed by atoms with Crippen LogP contribution in [0.1, 0.15) is 32.0 Å². The summed E-state index contributed by atoms with van der Waals surface area (Å²) in [5, 5.41) is 1.98. The van der Waals surface area contributed by atoms with E-state index < -0.39 is 19.2 Å². The molecule has 0 saturated heterocycles. The van der Waals surface area contributed by atoms with Gasteiger partial charge in [0.15, 0.2) is 5.66 Å². The number of fused-ring (bicyclic) bond motifs is 1. The van der Waals surface area contributed by atoms with E-state index in [1.54, 1.807) is 26.8 Å². The second kappa shape index (κ2) is 8.43. The van der Waals surface area contributed by atoms with Crippen LogP contribution in [0.25, 0.3) is 10.8 Å². The van der Waals surface area contributed by atoms with Crippen LogP contribution in [0.15, 0.2) is 42.5 Å². The van der Waals surface area contributed by atoms with E-state index in [1.165, 1.54) is 0 Å². The Hall–Kier alpha value is -1.68. The standard InChI is InChI=1S/C18H23O5P/c1-4-21-18(19)17(24(20,22-5-2)23-6-3)16-12-11-14-9-7-8-10-15(14)13-16/h7-13,17H,4-6H2,1-3H3. The van der Waals surface area contributed by atoms with Gasteiger partial charge < -0.3 is 13.8 Å². The molecule has 0 aromatic heterocycles. The van der Waals surface area contributed by atoms with Crippen LogP contribution in [0, 0.1) is 0 Å². The predicted molar refractivity (Wildman–Crippen MR) is 94.2 cm³/mol. The van der Waals surface area contributed by atoms with Gasteiger partial charge in [0.25, 0.3) is 0 Å². The Labute approximate surface area is 142 Å². The van der Waals surface area contributed by atoms with E-state index in [4.69, 9.17) is 13.8 Å². The van der Waals surface area contributed by atoms with Gasteiger partial charge in [-0.25, -0.2) is 0 Å². The Bertz CT molecular complexity index is 733. The van der Waals surface area contributed by atoms with Gasteiger partial charge in [-0.1, -0.05) is 36.4 Å². The second-order valence-electron chi connectivity index (χ2n) is 5.14. The molecule has 1 atom stereocenters. The molecule has 0 fully saturated rings. The summed E-state index contributed by atoms with van der Waals surface area (Å²) >= 11 is 0. The molecule has 0 aliphatic carbocycles. The molecule has 0 radical (unpaired) electrons. The molecule has 0 spiro atoms. The highest BCUT2D eigenvalue weighted by atomic mass is 31.2. The maximum absolute atomic E-state index is 13.2. The van der Waals surface area contributed by atoms with Crippen molar-refractivity contribution in [3.8, 4) is 0 Å². The predicted octanol–water partition coefficient (Wildman–Crippen LogP) is 4.71. The van der Waals surface area contributed by atoms with Crippen LogP contribution < -0.4 is 0 Å². The van der Waals surface area contributed by atoms with E-state index >= 15 is 0 Å². The number of ether oxygens (including phenoxy) is 1. The quantitative estimate of drug-likeness (QED) is 0.510. The Morgan fingerprint density at radius 1 is 0.958 bits per heavy atom. The third-order valence-corrected chi connectivity index (χ3v) is 5.91. The number of benzene rings is 2. The summed E-state index contributed by atoms with van der Waals surface area (Å²) in [6.45, 7) is 5.70. The molecule has 0 aliphatic rings. The number of hydrogen-bond acceptors (Lipinski definition) is 5. The molecule has 0 heterocycles. The maximum Gasteiger partial charge on any atom is 0.349 e. The number of carbonyl (C=O) groups excluding carboxylic acids is 1. The largest absolute Gasteiger partial charge is 0.465 e. The zero-order valence-electron chi connectivity index (χ0n) is 14.2. The molecule has 130 valence electrons. The summed E-state index contributed by atoms with van der Waals surface area (Å²) in [6.07, 6.45) is 0. The third-order valence-electron chi connectivity index (χ3n) is 3.53. The lowest BCUT2D eigenvalue weighted by molar-refractivity contribution is -0.143. The molecule has 5 nitrogen and oxygen atoms in total. The first-order chi connectivity index (χ1) is 11.6. The molecule has 1 unspecified atom stereocenters. The van der Waals surface area contributed by atoms with Crippen LogP contribution in [0.2, 0.25) is 0 Å². The minimum absolute atomic E-state index is 0.181. The van der Waals surface area contributed by atoms with E-state index in [0.29, 0.717) is 5.56 Å². The van der Waals surface area contributed by atoms with Crippen LogP contribution in [-0.4, -0.2) is 25.8 Å². The fourth-order valence-corrected chi connectivity index (χ4v) is 4.54. The summed E-state index contributed by atoms with van der Waals surface area (Å²) < 4.78 is 29.2. The summed E-state index contributed by atoms with van der Waals surface area (Å²) in [5.41, 5.74) is -0.528. The fourth-order valence-electron chi connectivity index (χ4n) is 2.59. The van der Waals surface area contributed by atoms with Gasteiger partial charge in [-0.2, -0.15) is 0 Å². The highest BCUT2D eigenvalue weighted by Crippen LogP contribution is 2.61. The third kappa shape index (κ3) is 4.04. The lowest BCUT2D eigenvalue weighted by Crippen LogP contribution is -2.19. The zero-order valence-corrected chi connectivity index (χ0v) is 15.1. The van der Waals surface area contributed by atoms with Gasteiger partial charge in [-0.3, -0.25) is 9.36 Å². The Balaban J connectivity index is 2.54. The average Bonchev–Trinajstić information content (AvgIpc) is 2.55. The van der Waals surface area contributed by atoms with Gasteiger partial charge in [0.1, 0.15) is 0 Å². The van der Waals surface area contributed by atoms with E-state index in [2.05, 4.69) is 0 Å². The van der Waals surface area contributed by atoms with E-state index in [9.17, 15) is 9.36 Å². The Kier molecular flexibility index (Phi) is 6.55. The van der Waals surface area contributed by atoms with Crippen molar-refractivity contribution >= 4 is 24.3 Å². The number of rotatable bonds is 8. The van der Waals surface area contributed by atoms with Gasteiger partial charge in [-0.15, -0.1) is 0 Å². The lowest BCUT2D eigenvalue weighted by Gasteiger charge is -2.25. The van der Waals surface area contributed by atoms with E-state index in [0.717, 1.165) is 10.8 Å². The number of esters is 1. The average molecular weight is 350 g/mol. The van der Waals surface area contributed by atoms with Crippen LogP contribution in [-0.2, 0) is 23.1 Å². The van der Waals surface area contributed by atoms with Crippen molar-refractivity contribution in [2.75, 3.05) is 19.8 Å². The molecule has 2 aromatic carbocycles. The molecule has 2 rings (SSSR count). The molecule has 6 heteroatoms. The summed E-state index contributed by atoms with van der Waals surface area (Å²) in [4.78, 5) is 12.5. The number of hydrogen-bond donors (Lipinski definition) is 0. The topological polar surface area (TPSA) is 61.8 Å². The molecule has 2 aromatic rings. The first-order valence-corrected chi connectivity index (χ1v) is 9.71. The van der Waals surface area contributed by atoms with Crippen LogP contribution in [0.5, 0.6) is 0 Å². The van der Waals surface area contributed by atoms with Crippen LogP contribution >= 0.6 is 7.60 Å². The van der Waals surface area contributed by atoms with Crippen molar-refractivity contribution in [3.05, 3.63) is 48.0 Å². The SMILES string of the molecule is CCOC(=O)C(c1ccc2ccccc2c1)P(=O)(OCC)OCC. The first kappa shape index (κ1) is 18.7. The maximum atomic E-state index is 13.2. The van der Waals surface area contributed by atoms with Gasteiger partial charge in [0.05, 0.1) is 19.8 Å². The Morgan fingerprint density at radius 2 is 1.58 bits per heavy atom. The molecular formula is C18H23O5P. The van der Waals surface area contributed by atoms with Gasteiger partial charge in [0, 0.05) is 0 Å². The van der Waals surface area contributed by atoms with Crippen molar-refractivity contribution in [1.82, 2.24) is 0 Å². The Morgan fingerprint density at radius 3 is 2.17 bits per heavy atom. The van der Waals surface area contributed by atoms with E-state index in [1.807, 2.05) is 36.4 Å². The number of carbonyl (C=O) groups is 1. The first-order valence-electron chi connectivity index (χ1n) is 8.09. The van der Waals surface area contributed by atoms with Crippen LogP contribution in [0.3, 0.4) is 0 Å². The molecular weight excluding hydrogens is 327 g/mol. The zero-order chi connectivity index (χ0) is 17.6. The second-order valence-corrected chi connectivity index (χ2v) is 7.25. The normalized spacial score (nSPS) is 13.0. The molecule has 0 aliphatic heterocycles. The molecule has 24 heavy (non-hydrogen) atoms. The van der Waals surface area contributed by atoms with Gasteiger partial charge in [-0.05, 0) is 43.2 Å². The molecule has 0 saturated carbocycles. The molecule has 0 bridgehead atoms. The van der Waals surface area contributed by atoms with Gasteiger partial charge in [0.2, 0.25) is 0 Å². The highest BCUT2D eigenvalue weighted by Gasteiger charge is 2.43. The lowest BCUT2D eigenvalue weighted by atomic mass is 10.0. The van der Waals surface area contributed by atoms with Crippen molar-refractivity contribution < 1.29 is 23.1 Å². The van der Waals surface area contributed by atoms with Crippen LogP contribution in [0.4, 0.5) is 0 Å². The smallest absolute Gasteiger partial charge is 0.349 e. The van der Waals surface area contributed by atoms with Crippen molar-refractivity contribution in [3.63, 3.8) is 0 Å². The molecule has 0 N–H and O–H groups in total. The molecule has 0 amide bonds. The highest BCUT2D eigenvalue weighted by molar-refractivity contribution is 7.55.